The molecule has 0 saturated carbocycles. The first-order chi connectivity index (χ1) is 7.59. The fourth-order valence-corrected chi connectivity index (χ4v) is 2.91. The molecular formula is C12H22N2O2. The van der Waals surface area contributed by atoms with Crippen LogP contribution in [0.25, 0.3) is 0 Å². The van der Waals surface area contributed by atoms with Crippen molar-refractivity contribution in [1.29, 1.82) is 0 Å². The van der Waals surface area contributed by atoms with E-state index in [1.807, 2.05) is 18.7 Å². The summed E-state index contributed by atoms with van der Waals surface area (Å²) in [5.74, 6) is 0.801. The van der Waals surface area contributed by atoms with E-state index in [1.54, 1.807) is 0 Å². The monoisotopic (exact) mass is 226 g/mol. The normalized spacial score (nSPS) is 33.5. The van der Waals surface area contributed by atoms with Gasteiger partial charge < -0.3 is 15.0 Å². The van der Waals surface area contributed by atoms with Crippen molar-refractivity contribution in [2.45, 2.75) is 45.4 Å². The van der Waals surface area contributed by atoms with E-state index >= 15 is 0 Å². The minimum Gasteiger partial charge on any atom is -0.369 e. The van der Waals surface area contributed by atoms with Crippen LogP contribution in [0.15, 0.2) is 0 Å². The maximum Gasteiger partial charge on any atom is 0.249 e. The predicted octanol–water partition coefficient (Wildman–Crippen LogP) is 0.620. The number of carbonyl (C=O) groups excluding carboxylic acids is 1. The Balaban J connectivity index is 1.94. The second kappa shape index (κ2) is 4.72. The Labute approximate surface area is 97.3 Å². The fraction of sp³-hybridized carbons (Fsp3) is 0.917. The number of nitrogens with zero attached hydrogens (tertiary/aromatic N) is 1. The Morgan fingerprint density at radius 3 is 2.94 bits per heavy atom. The molecule has 0 bridgehead atoms. The van der Waals surface area contributed by atoms with E-state index in [9.17, 15) is 4.79 Å². The molecule has 1 amide bonds. The second-order valence-corrected chi connectivity index (χ2v) is 5.23. The maximum atomic E-state index is 12.1. The number of amides is 1. The molecule has 0 aromatic heterocycles. The van der Waals surface area contributed by atoms with Crippen molar-refractivity contribution in [3.05, 3.63) is 0 Å². The van der Waals surface area contributed by atoms with Crippen molar-refractivity contribution >= 4 is 5.91 Å². The highest BCUT2D eigenvalue weighted by molar-refractivity contribution is 5.78. The molecule has 2 aliphatic heterocycles. The average molecular weight is 226 g/mol. The van der Waals surface area contributed by atoms with Crippen LogP contribution in [0, 0.1) is 5.92 Å². The lowest BCUT2D eigenvalue weighted by atomic mass is 10.0. The van der Waals surface area contributed by atoms with Crippen molar-refractivity contribution < 1.29 is 9.53 Å². The lowest BCUT2D eigenvalue weighted by Gasteiger charge is -2.27. The van der Waals surface area contributed by atoms with Gasteiger partial charge in [0.1, 0.15) is 6.61 Å². The smallest absolute Gasteiger partial charge is 0.249 e. The van der Waals surface area contributed by atoms with Crippen molar-refractivity contribution in [2.75, 3.05) is 19.7 Å². The zero-order chi connectivity index (χ0) is 11.7. The van der Waals surface area contributed by atoms with Crippen molar-refractivity contribution in [2.24, 2.45) is 5.92 Å². The van der Waals surface area contributed by atoms with Gasteiger partial charge in [-0.1, -0.05) is 0 Å². The topological polar surface area (TPSA) is 41.6 Å². The molecule has 3 atom stereocenters. The van der Waals surface area contributed by atoms with E-state index in [0.717, 1.165) is 19.5 Å². The van der Waals surface area contributed by atoms with Gasteiger partial charge in [-0.2, -0.15) is 0 Å². The first-order valence-electron chi connectivity index (χ1n) is 6.23. The van der Waals surface area contributed by atoms with Gasteiger partial charge in [-0.15, -0.1) is 0 Å². The van der Waals surface area contributed by atoms with Gasteiger partial charge in [0.05, 0.1) is 6.10 Å². The van der Waals surface area contributed by atoms with Crippen LogP contribution in [0.4, 0.5) is 0 Å². The minimum absolute atomic E-state index is 0.124. The van der Waals surface area contributed by atoms with Gasteiger partial charge in [0.25, 0.3) is 0 Å². The van der Waals surface area contributed by atoms with Crippen LogP contribution in [0.1, 0.15) is 27.2 Å². The summed E-state index contributed by atoms with van der Waals surface area (Å²) in [4.78, 5) is 14.1. The number of rotatable bonds is 3. The quantitative estimate of drug-likeness (QED) is 0.767. The SMILES string of the molecule is CC(C)OCC(=O)N1C(C)CC2CNCC21. The molecule has 4 heteroatoms. The molecule has 0 spiro atoms. The Morgan fingerprint density at radius 1 is 1.50 bits per heavy atom. The summed E-state index contributed by atoms with van der Waals surface area (Å²) in [6, 6.07) is 0.777. The molecule has 3 unspecified atom stereocenters. The minimum atomic E-state index is 0.124. The Bertz CT molecular complexity index is 268. The zero-order valence-electron chi connectivity index (χ0n) is 10.4. The van der Waals surface area contributed by atoms with E-state index in [4.69, 9.17) is 4.74 Å². The lowest BCUT2D eigenvalue weighted by Crippen LogP contribution is -2.44. The van der Waals surface area contributed by atoms with Crippen molar-refractivity contribution in [1.82, 2.24) is 10.2 Å². The van der Waals surface area contributed by atoms with Gasteiger partial charge in [0.2, 0.25) is 5.91 Å². The van der Waals surface area contributed by atoms with Crippen LogP contribution in [0.3, 0.4) is 0 Å². The van der Waals surface area contributed by atoms with Crippen LogP contribution >= 0.6 is 0 Å². The van der Waals surface area contributed by atoms with Gasteiger partial charge in [-0.05, 0) is 33.1 Å². The van der Waals surface area contributed by atoms with Gasteiger partial charge >= 0.3 is 0 Å². The van der Waals surface area contributed by atoms with E-state index in [0.29, 0.717) is 18.0 Å². The number of nitrogens with one attached hydrogen (secondary N) is 1. The van der Waals surface area contributed by atoms with Gasteiger partial charge in [-0.25, -0.2) is 0 Å². The van der Waals surface area contributed by atoms with Crippen LogP contribution in [-0.2, 0) is 9.53 Å². The van der Waals surface area contributed by atoms with Gasteiger partial charge in [0, 0.05) is 25.2 Å². The molecule has 2 saturated heterocycles. The van der Waals surface area contributed by atoms with Crippen LogP contribution in [0.2, 0.25) is 0 Å². The van der Waals surface area contributed by atoms with E-state index < -0.39 is 0 Å². The zero-order valence-corrected chi connectivity index (χ0v) is 10.4. The number of hydrogen-bond acceptors (Lipinski definition) is 3. The molecule has 0 aliphatic carbocycles. The van der Waals surface area contributed by atoms with Crippen LogP contribution < -0.4 is 5.32 Å². The van der Waals surface area contributed by atoms with E-state index in [2.05, 4.69) is 12.2 Å². The van der Waals surface area contributed by atoms with Gasteiger partial charge in [-0.3, -0.25) is 4.79 Å². The number of likely N-dealkylation sites (tertiary alicyclic amines) is 1. The predicted molar refractivity (Wildman–Crippen MR) is 62.2 cm³/mol. The summed E-state index contributed by atoms with van der Waals surface area (Å²) >= 11 is 0. The molecule has 2 rings (SSSR count). The second-order valence-electron chi connectivity index (χ2n) is 5.23. The molecule has 2 aliphatic rings. The molecule has 0 aromatic carbocycles. The largest absolute Gasteiger partial charge is 0.369 e. The number of carbonyl (C=O) groups is 1. The molecular weight excluding hydrogens is 204 g/mol. The van der Waals surface area contributed by atoms with Gasteiger partial charge in [0.15, 0.2) is 0 Å². The first kappa shape index (κ1) is 11.9. The number of ether oxygens (including phenoxy) is 1. The summed E-state index contributed by atoms with van der Waals surface area (Å²) in [6.45, 7) is 8.30. The first-order valence-corrected chi connectivity index (χ1v) is 6.23. The summed E-state index contributed by atoms with van der Waals surface area (Å²) in [5, 5.41) is 3.36. The molecule has 0 aromatic rings. The van der Waals surface area contributed by atoms with Crippen molar-refractivity contribution in [3.63, 3.8) is 0 Å². The third-order valence-electron chi connectivity index (χ3n) is 3.61. The molecule has 4 nitrogen and oxygen atoms in total. The lowest BCUT2D eigenvalue weighted by molar-refractivity contribution is -0.140. The summed E-state index contributed by atoms with van der Waals surface area (Å²) in [6.07, 6.45) is 1.25. The van der Waals surface area contributed by atoms with Crippen LogP contribution in [-0.4, -0.2) is 48.7 Å². The van der Waals surface area contributed by atoms with E-state index in [-0.39, 0.29) is 18.6 Å². The molecule has 2 fully saturated rings. The summed E-state index contributed by atoms with van der Waals surface area (Å²) in [7, 11) is 0. The fourth-order valence-electron chi connectivity index (χ4n) is 2.91. The Kier molecular flexibility index (Phi) is 3.50. The average Bonchev–Trinajstić information content (AvgIpc) is 2.73. The maximum absolute atomic E-state index is 12.1. The van der Waals surface area contributed by atoms with E-state index in [1.165, 1.54) is 0 Å². The highest BCUT2D eigenvalue weighted by Crippen LogP contribution is 2.32. The third kappa shape index (κ3) is 2.23. The molecule has 0 radical (unpaired) electrons. The Morgan fingerprint density at radius 2 is 2.25 bits per heavy atom. The van der Waals surface area contributed by atoms with Crippen molar-refractivity contribution in [3.8, 4) is 0 Å². The molecule has 16 heavy (non-hydrogen) atoms. The molecule has 1 N–H and O–H groups in total. The standard InChI is InChI=1S/C12H22N2O2/c1-8(2)16-7-12(15)14-9(3)4-10-5-13-6-11(10)14/h8-11,13H,4-7H2,1-3H3. The summed E-state index contributed by atoms with van der Waals surface area (Å²) in [5.41, 5.74) is 0. The molecule has 92 valence electrons. The highest BCUT2D eigenvalue weighted by atomic mass is 16.5. The highest BCUT2D eigenvalue weighted by Gasteiger charge is 2.43. The molecule has 2 heterocycles. The summed E-state index contributed by atoms with van der Waals surface area (Å²) < 4.78 is 5.40. The number of hydrogen-bond donors (Lipinski definition) is 1. The Hall–Kier alpha value is -0.610. The number of fused-ring (bicyclic) bond motifs is 1. The third-order valence-corrected chi connectivity index (χ3v) is 3.61. The van der Waals surface area contributed by atoms with Crippen LogP contribution in [0.5, 0.6) is 0 Å².